The van der Waals surface area contributed by atoms with Crippen LogP contribution < -0.4 is 0 Å². The monoisotopic (exact) mass is 220 g/mol. The third kappa shape index (κ3) is 5.14. The van der Waals surface area contributed by atoms with E-state index in [1.807, 2.05) is 30.3 Å². The van der Waals surface area contributed by atoms with Gasteiger partial charge in [-0.15, -0.1) is 18.2 Å². The van der Waals surface area contributed by atoms with Crippen molar-refractivity contribution in [2.75, 3.05) is 12.4 Å². The number of hydrogen-bond acceptors (Lipinski definition) is 3. The molecule has 0 aliphatic heterocycles. The summed E-state index contributed by atoms with van der Waals surface area (Å²) >= 11 is 1.63. The van der Waals surface area contributed by atoms with E-state index < -0.39 is 0 Å². The van der Waals surface area contributed by atoms with Gasteiger partial charge in [-0.3, -0.25) is 4.79 Å². The minimum absolute atomic E-state index is 0.0643. The summed E-state index contributed by atoms with van der Waals surface area (Å²) in [5.74, 6) is 2.73. The van der Waals surface area contributed by atoms with Crippen LogP contribution in [-0.4, -0.2) is 18.3 Å². The van der Waals surface area contributed by atoms with Crippen molar-refractivity contribution in [1.82, 2.24) is 0 Å². The molecule has 0 amide bonds. The topological polar surface area (TPSA) is 26.3 Å². The number of rotatable bonds is 5. The zero-order chi connectivity index (χ0) is 10.9. The first kappa shape index (κ1) is 11.7. The summed E-state index contributed by atoms with van der Waals surface area (Å²) in [6, 6.07) is 9.93. The molecule has 0 aliphatic rings. The van der Waals surface area contributed by atoms with Gasteiger partial charge in [0.1, 0.15) is 0 Å². The lowest BCUT2D eigenvalue weighted by atomic mass is 10.4. The molecule has 0 atom stereocenters. The summed E-state index contributed by atoms with van der Waals surface area (Å²) in [4.78, 5) is 12.2. The van der Waals surface area contributed by atoms with E-state index in [-0.39, 0.29) is 12.6 Å². The highest BCUT2D eigenvalue weighted by molar-refractivity contribution is 7.99. The van der Waals surface area contributed by atoms with E-state index in [0.29, 0.717) is 12.2 Å². The largest absolute Gasteiger partial charge is 0.452 e. The Hall–Kier alpha value is -1.40. The third-order valence-electron chi connectivity index (χ3n) is 1.63. The minimum atomic E-state index is -0.239. The Morgan fingerprint density at radius 2 is 2.13 bits per heavy atom. The Bertz CT molecular complexity index is 340. The molecule has 0 aromatic heterocycles. The predicted molar refractivity (Wildman–Crippen MR) is 61.6 cm³/mol. The molecule has 0 saturated heterocycles. The van der Waals surface area contributed by atoms with Crippen LogP contribution in [0, 0.1) is 12.3 Å². The van der Waals surface area contributed by atoms with Gasteiger partial charge >= 0.3 is 5.97 Å². The van der Waals surface area contributed by atoms with Gasteiger partial charge in [-0.05, 0) is 12.1 Å². The van der Waals surface area contributed by atoms with Crippen molar-refractivity contribution < 1.29 is 9.53 Å². The van der Waals surface area contributed by atoms with Crippen LogP contribution in [0.1, 0.15) is 6.42 Å². The number of terminal acetylenes is 1. The van der Waals surface area contributed by atoms with E-state index in [4.69, 9.17) is 11.2 Å². The van der Waals surface area contributed by atoms with Gasteiger partial charge in [-0.2, -0.15) is 0 Å². The number of thioether (sulfide) groups is 1. The highest BCUT2D eigenvalue weighted by Gasteiger charge is 2.01. The second-order valence-corrected chi connectivity index (χ2v) is 3.94. The van der Waals surface area contributed by atoms with Crippen molar-refractivity contribution >= 4 is 17.7 Å². The molecule has 1 aromatic rings. The highest BCUT2D eigenvalue weighted by Crippen LogP contribution is 2.17. The second kappa shape index (κ2) is 6.97. The molecule has 0 radical (unpaired) electrons. The lowest BCUT2D eigenvalue weighted by Gasteiger charge is -2.01. The summed E-state index contributed by atoms with van der Waals surface area (Å²) in [5.41, 5.74) is 0. The van der Waals surface area contributed by atoms with E-state index in [0.717, 1.165) is 4.90 Å². The molecular formula is C12H12O2S. The van der Waals surface area contributed by atoms with Gasteiger partial charge in [-0.25, -0.2) is 0 Å². The average molecular weight is 220 g/mol. The average Bonchev–Trinajstić information content (AvgIpc) is 2.28. The van der Waals surface area contributed by atoms with Crippen LogP contribution in [0.2, 0.25) is 0 Å². The number of carbonyl (C=O) groups excluding carboxylic acids is 1. The molecule has 2 nitrogen and oxygen atoms in total. The normalized spacial score (nSPS) is 9.27. The summed E-state index contributed by atoms with van der Waals surface area (Å²) in [5, 5.41) is 0. The second-order valence-electron chi connectivity index (χ2n) is 2.78. The Morgan fingerprint density at radius 3 is 2.80 bits per heavy atom. The van der Waals surface area contributed by atoms with Gasteiger partial charge in [0, 0.05) is 10.6 Å². The molecule has 15 heavy (non-hydrogen) atoms. The maximum atomic E-state index is 11.1. The van der Waals surface area contributed by atoms with Gasteiger partial charge in [0.2, 0.25) is 0 Å². The van der Waals surface area contributed by atoms with E-state index in [1.54, 1.807) is 11.8 Å². The molecule has 0 unspecified atom stereocenters. The van der Waals surface area contributed by atoms with Crippen LogP contribution in [0.15, 0.2) is 35.2 Å². The molecule has 0 aliphatic carbocycles. The molecular weight excluding hydrogens is 208 g/mol. The van der Waals surface area contributed by atoms with E-state index >= 15 is 0 Å². The van der Waals surface area contributed by atoms with Crippen molar-refractivity contribution in [1.29, 1.82) is 0 Å². The molecule has 78 valence electrons. The number of carbonyl (C=O) groups is 1. The van der Waals surface area contributed by atoms with Crippen LogP contribution in [0.5, 0.6) is 0 Å². The highest BCUT2D eigenvalue weighted by atomic mass is 32.2. The molecule has 0 fully saturated rings. The van der Waals surface area contributed by atoms with Gasteiger partial charge in [0.15, 0.2) is 6.61 Å². The molecule has 0 bridgehead atoms. The first-order chi connectivity index (χ1) is 7.33. The molecule has 0 saturated carbocycles. The van der Waals surface area contributed by atoms with Crippen LogP contribution in [0.3, 0.4) is 0 Å². The Kier molecular flexibility index (Phi) is 5.42. The van der Waals surface area contributed by atoms with Crippen LogP contribution in [0.25, 0.3) is 0 Å². The first-order valence-electron chi connectivity index (χ1n) is 4.60. The maximum Gasteiger partial charge on any atom is 0.307 e. The summed E-state index contributed by atoms with van der Waals surface area (Å²) in [6.45, 7) is 0.0643. The summed E-state index contributed by atoms with van der Waals surface area (Å²) in [7, 11) is 0. The quantitative estimate of drug-likeness (QED) is 0.433. The molecule has 3 heteroatoms. The van der Waals surface area contributed by atoms with Crippen molar-refractivity contribution in [2.24, 2.45) is 0 Å². The smallest absolute Gasteiger partial charge is 0.307 e. The van der Waals surface area contributed by atoms with Gasteiger partial charge in [0.25, 0.3) is 0 Å². The molecule has 1 rings (SSSR count). The number of hydrogen-bond donors (Lipinski definition) is 0. The van der Waals surface area contributed by atoms with Crippen molar-refractivity contribution in [2.45, 2.75) is 11.3 Å². The fraction of sp³-hybridized carbons (Fsp3) is 0.250. The van der Waals surface area contributed by atoms with E-state index in [2.05, 4.69) is 5.92 Å². The molecule has 0 spiro atoms. The SMILES string of the molecule is C#CCOC(=O)CCSc1ccccc1. The Balaban J connectivity index is 2.17. The minimum Gasteiger partial charge on any atom is -0.452 e. The summed E-state index contributed by atoms with van der Waals surface area (Å²) < 4.78 is 4.74. The fourth-order valence-electron chi connectivity index (χ4n) is 0.963. The molecule has 0 heterocycles. The van der Waals surface area contributed by atoms with Crippen molar-refractivity contribution in [3.8, 4) is 12.3 Å². The van der Waals surface area contributed by atoms with E-state index in [9.17, 15) is 4.79 Å². The van der Waals surface area contributed by atoms with Gasteiger partial charge in [-0.1, -0.05) is 24.1 Å². The van der Waals surface area contributed by atoms with Crippen LogP contribution in [0.4, 0.5) is 0 Å². The fourth-order valence-corrected chi connectivity index (χ4v) is 1.82. The molecule has 1 aromatic carbocycles. The number of esters is 1. The van der Waals surface area contributed by atoms with Crippen molar-refractivity contribution in [3.05, 3.63) is 30.3 Å². The van der Waals surface area contributed by atoms with Crippen LogP contribution in [-0.2, 0) is 9.53 Å². The Morgan fingerprint density at radius 1 is 1.40 bits per heavy atom. The standard InChI is InChI=1S/C12H12O2S/c1-2-9-14-12(13)8-10-15-11-6-4-3-5-7-11/h1,3-7H,8-10H2. The lowest BCUT2D eigenvalue weighted by Crippen LogP contribution is -2.05. The third-order valence-corrected chi connectivity index (χ3v) is 2.65. The summed E-state index contributed by atoms with van der Waals surface area (Å²) in [6.07, 6.45) is 5.35. The van der Waals surface area contributed by atoms with Gasteiger partial charge < -0.3 is 4.74 Å². The van der Waals surface area contributed by atoms with Crippen molar-refractivity contribution in [3.63, 3.8) is 0 Å². The maximum absolute atomic E-state index is 11.1. The molecule has 0 N–H and O–H groups in total. The van der Waals surface area contributed by atoms with E-state index in [1.165, 1.54) is 0 Å². The van der Waals surface area contributed by atoms with Gasteiger partial charge in [0.05, 0.1) is 6.42 Å². The first-order valence-corrected chi connectivity index (χ1v) is 5.58. The zero-order valence-corrected chi connectivity index (χ0v) is 9.13. The Labute approximate surface area is 94.0 Å². The predicted octanol–water partition coefficient (Wildman–Crippen LogP) is 2.35. The lowest BCUT2D eigenvalue weighted by molar-refractivity contribution is -0.141. The van der Waals surface area contributed by atoms with Crippen LogP contribution >= 0.6 is 11.8 Å². The zero-order valence-electron chi connectivity index (χ0n) is 8.31. The number of ether oxygens (including phenoxy) is 1. The number of benzene rings is 1.